The zero-order chi connectivity index (χ0) is 15.4. The van der Waals surface area contributed by atoms with E-state index in [2.05, 4.69) is 9.97 Å². The number of rotatable bonds is 3. The minimum Gasteiger partial charge on any atom is -0.390 e. The molecule has 1 aliphatic heterocycles. The predicted molar refractivity (Wildman–Crippen MR) is 76.9 cm³/mol. The van der Waals surface area contributed by atoms with Gasteiger partial charge in [-0.15, -0.1) is 0 Å². The second-order valence-corrected chi connectivity index (χ2v) is 6.22. The van der Waals surface area contributed by atoms with Crippen molar-refractivity contribution in [2.24, 2.45) is 5.92 Å². The Morgan fingerprint density at radius 1 is 1.27 bits per heavy atom. The van der Waals surface area contributed by atoms with Crippen molar-refractivity contribution in [1.29, 1.82) is 0 Å². The molecular formula is C15H19N3O4. The number of aromatic nitrogens is 3. The smallest absolute Gasteiger partial charge is 0.164 e. The molecule has 1 aliphatic carbocycles. The van der Waals surface area contributed by atoms with Gasteiger partial charge in [-0.3, -0.25) is 0 Å². The van der Waals surface area contributed by atoms with Gasteiger partial charge in [0.25, 0.3) is 0 Å². The first kappa shape index (κ1) is 14.1. The van der Waals surface area contributed by atoms with Crippen LogP contribution in [0.15, 0.2) is 18.6 Å². The van der Waals surface area contributed by atoms with Crippen molar-refractivity contribution in [3.05, 3.63) is 24.3 Å². The fourth-order valence-electron chi connectivity index (χ4n) is 3.21. The van der Waals surface area contributed by atoms with E-state index in [1.165, 1.54) is 6.33 Å². The van der Waals surface area contributed by atoms with E-state index in [9.17, 15) is 15.3 Å². The fraction of sp³-hybridized carbons (Fsp3) is 0.600. The Labute approximate surface area is 127 Å². The summed E-state index contributed by atoms with van der Waals surface area (Å²) < 4.78 is 7.49. The second kappa shape index (κ2) is 4.99. The standard InChI is InChI=1S/C15H19N3O4/c1-7-9-4-5-18(14(9)17-6-16-7)15-12(21)11(20)13(22-15)10(19)8-2-3-8/h4-6,8,10-13,15,19-21H,2-3H2,1H3/t10-,11-,12+,13+,15+/m0/s1. The average Bonchev–Trinajstić information content (AvgIpc) is 3.21. The molecule has 0 amide bonds. The number of nitrogens with zero attached hydrogens (tertiary/aromatic N) is 3. The Morgan fingerprint density at radius 2 is 2.05 bits per heavy atom. The highest BCUT2D eigenvalue weighted by molar-refractivity contribution is 5.78. The molecule has 0 radical (unpaired) electrons. The van der Waals surface area contributed by atoms with E-state index in [1.807, 2.05) is 13.0 Å². The van der Waals surface area contributed by atoms with Gasteiger partial charge in [-0.25, -0.2) is 9.97 Å². The lowest BCUT2D eigenvalue weighted by Gasteiger charge is -2.20. The maximum atomic E-state index is 10.3. The normalized spacial score (nSPS) is 33.5. The minimum atomic E-state index is -1.11. The number of fused-ring (bicyclic) bond motifs is 1. The lowest BCUT2D eigenvalue weighted by molar-refractivity contribution is -0.0895. The highest BCUT2D eigenvalue weighted by Crippen LogP contribution is 2.41. The molecule has 3 N–H and O–H groups in total. The maximum Gasteiger partial charge on any atom is 0.164 e. The zero-order valence-electron chi connectivity index (χ0n) is 12.2. The SMILES string of the molecule is Cc1ncnc2c1ccn2[C@@H]1O[C@H]([C@@H](O)C2CC2)[C@@H](O)[C@H]1O. The van der Waals surface area contributed by atoms with Crippen LogP contribution in [0.25, 0.3) is 11.0 Å². The van der Waals surface area contributed by atoms with E-state index in [-0.39, 0.29) is 5.92 Å². The van der Waals surface area contributed by atoms with Gasteiger partial charge in [-0.1, -0.05) is 0 Å². The average molecular weight is 305 g/mol. The highest BCUT2D eigenvalue weighted by Gasteiger charge is 2.50. The first-order valence-electron chi connectivity index (χ1n) is 7.55. The summed E-state index contributed by atoms with van der Waals surface area (Å²) in [5, 5.41) is 31.6. The molecule has 1 saturated heterocycles. The summed E-state index contributed by atoms with van der Waals surface area (Å²) in [5.41, 5.74) is 1.48. The van der Waals surface area contributed by atoms with Crippen LogP contribution >= 0.6 is 0 Å². The molecule has 0 aromatic carbocycles. The fourth-order valence-corrected chi connectivity index (χ4v) is 3.21. The molecule has 0 unspecified atom stereocenters. The summed E-state index contributed by atoms with van der Waals surface area (Å²) >= 11 is 0. The molecular weight excluding hydrogens is 286 g/mol. The van der Waals surface area contributed by atoms with Crippen LogP contribution in [0.1, 0.15) is 24.8 Å². The van der Waals surface area contributed by atoms with E-state index in [0.29, 0.717) is 5.65 Å². The molecule has 0 spiro atoms. The van der Waals surface area contributed by atoms with Crippen LogP contribution in [0.2, 0.25) is 0 Å². The first-order chi connectivity index (χ1) is 10.6. The van der Waals surface area contributed by atoms with E-state index in [1.54, 1.807) is 10.8 Å². The Hall–Kier alpha value is -1.54. The van der Waals surface area contributed by atoms with Crippen LogP contribution in [0.4, 0.5) is 0 Å². The van der Waals surface area contributed by atoms with Gasteiger partial charge < -0.3 is 24.6 Å². The monoisotopic (exact) mass is 305 g/mol. The quantitative estimate of drug-likeness (QED) is 0.745. The molecule has 118 valence electrons. The Balaban J connectivity index is 1.68. The van der Waals surface area contributed by atoms with Crippen molar-refractivity contribution in [3.8, 4) is 0 Å². The van der Waals surface area contributed by atoms with Gasteiger partial charge in [0, 0.05) is 11.6 Å². The van der Waals surface area contributed by atoms with Gasteiger partial charge in [0.1, 0.15) is 30.3 Å². The number of aryl methyl sites for hydroxylation is 1. The zero-order valence-corrected chi connectivity index (χ0v) is 12.2. The van der Waals surface area contributed by atoms with Crippen molar-refractivity contribution in [1.82, 2.24) is 14.5 Å². The topological polar surface area (TPSA) is 101 Å². The van der Waals surface area contributed by atoms with Crippen molar-refractivity contribution < 1.29 is 20.1 Å². The summed E-state index contributed by atoms with van der Waals surface area (Å²) in [4.78, 5) is 8.38. The molecule has 2 aliphatic rings. The van der Waals surface area contributed by atoms with Gasteiger partial charge in [-0.2, -0.15) is 0 Å². The van der Waals surface area contributed by atoms with Crippen molar-refractivity contribution in [2.75, 3.05) is 0 Å². The van der Waals surface area contributed by atoms with Crippen LogP contribution in [-0.4, -0.2) is 54.3 Å². The largest absolute Gasteiger partial charge is 0.390 e. The molecule has 0 bridgehead atoms. The summed E-state index contributed by atoms with van der Waals surface area (Å²) in [6.45, 7) is 1.88. The third-order valence-corrected chi connectivity index (χ3v) is 4.70. The first-order valence-corrected chi connectivity index (χ1v) is 7.55. The molecule has 4 rings (SSSR count). The van der Waals surface area contributed by atoms with Crippen LogP contribution in [0.3, 0.4) is 0 Å². The Morgan fingerprint density at radius 3 is 2.77 bits per heavy atom. The lowest BCUT2D eigenvalue weighted by Crippen LogP contribution is -2.39. The Bertz CT molecular complexity index is 699. The van der Waals surface area contributed by atoms with Crippen LogP contribution in [0.5, 0.6) is 0 Å². The summed E-state index contributed by atoms with van der Waals surface area (Å²) in [6, 6.07) is 1.86. The predicted octanol–water partition coefficient (Wildman–Crippen LogP) is 0.130. The van der Waals surface area contributed by atoms with E-state index < -0.39 is 30.6 Å². The third kappa shape index (κ3) is 2.04. The Kier molecular flexibility index (Phi) is 3.19. The number of ether oxygens (including phenoxy) is 1. The van der Waals surface area contributed by atoms with Gasteiger partial charge >= 0.3 is 0 Å². The number of hydrogen-bond acceptors (Lipinski definition) is 6. The summed E-state index contributed by atoms with van der Waals surface area (Å²) in [7, 11) is 0. The molecule has 2 aromatic heterocycles. The van der Waals surface area contributed by atoms with Crippen LogP contribution in [0, 0.1) is 12.8 Å². The third-order valence-electron chi connectivity index (χ3n) is 4.70. The van der Waals surface area contributed by atoms with E-state index in [0.717, 1.165) is 23.9 Å². The van der Waals surface area contributed by atoms with Gasteiger partial charge in [0.05, 0.1) is 11.8 Å². The van der Waals surface area contributed by atoms with Crippen molar-refractivity contribution in [3.63, 3.8) is 0 Å². The molecule has 1 saturated carbocycles. The van der Waals surface area contributed by atoms with E-state index >= 15 is 0 Å². The van der Waals surface area contributed by atoms with Crippen LogP contribution < -0.4 is 0 Å². The molecule has 22 heavy (non-hydrogen) atoms. The highest BCUT2D eigenvalue weighted by atomic mass is 16.6. The molecule has 7 nitrogen and oxygen atoms in total. The van der Waals surface area contributed by atoms with Crippen LogP contribution in [-0.2, 0) is 4.74 Å². The van der Waals surface area contributed by atoms with Gasteiger partial charge in [0.15, 0.2) is 6.23 Å². The minimum absolute atomic E-state index is 0.163. The lowest BCUT2D eigenvalue weighted by atomic mass is 10.0. The number of aliphatic hydroxyl groups excluding tert-OH is 3. The molecule has 3 heterocycles. The second-order valence-electron chi connectivity index (χ2n) is 6.22. The molecule has 2 aromatic rings. The summed E-state index contributed by atoms with van der Waals surface area (Å²) in [5.74, 6) is 0.163. The van der Waals surface area contributed by atoms with E-state index in [4.69, 9.17) is 4.74 Å². The number of hydrogen-bond donors (Lipinski definition) is 3. The van der Waals surface area contributed by atoms with Gasteiger partial charge in [-0.05, 0) is 31.7 Å². The summed E-state index contributed by atoms with van der Waals surface area (Å²) in [6.07, 6.45) is 0.605. The molecule has 7 heteroatoms. The van der Waals surface area contributed by atoms with Crippen molar-refractivity contribution >= 4 is 11.0 Å². The van der Waals surface area contributed by atoms with Gasteiger partial charge in [0.2, 0.25) is 0 Å². The number of aliphatic hydroxyl groups is 3. The molecule has 5 atom stereocenters. The maximum absolute atomic E-state index is 10.3. The van der Waals surface area contributed by atoms with Crippen molar-refractivity contribution in [2.45, 2.75) is 50.4 Å². The molecule has 2 fully saturated rings.